The van der Waals surface area contributed by atoms with Crippen molar-refractivity contribution in [1.29, 1.82) is 0 Å². The predicted molar refractivity (Wildman–Crippen MR) is 122 cm³/mol. The van der Waals surface area contributed by atoms with Crippen LogP contribution in [0, 0.1) is 0 Å². The van der Waals surface area contributed by atoms with E-state index >= 15 is 0 Å². The van der Waals surface area contributed by atoms with E-state index in [-0.39, 0.29) is 56.5 Å². The van der Waals surface area contributed by atoms with Crippen molar-refractivity contribution in [2.45, 2.75) is 18.4 Å². The van der Waals surface area contributed by atoms with E-state index in [0.29, 0.717) is 0 Å². The third kappa shape index (κ3) is 3.64. The van der Waals surface area contributed by atoms with Gasteiger partial charge in [-0.2, -0.15) is 0 Å². The number of carboxylic acids is 1. The molecular weight excluding hydrogens is 511 g/mol. The SMILES string of the molecule is O=C(O)CCc1cc(C2(c3ccc(O)cc3O)OC(=O)c3cc(Cl)c(Cl)cc32)c(O)c(Cl)c1O. The van der Waals surface area contributed by atoms with Gasteiger partial charge in [0.15, 0.2) is 5.60 Å². The Kier molecular flexibility index (Phi) is 5.93. The van der Waals surface area contributed by atoms with Gasteiger partial charge in [0, 0.05) is 29.2 Å². The Morgan fingerprint density at radius 2 is 1.56 bits per heavy atom. The highest BCUT2D eigenvalue weighted by atomic mass is 35.5. The number of carboxylic acid groups (broad SMARTS) is 1. The van der Waals surface area contributed by atoms with Gasteiger partial charge < -0.3 is 30.3 Å². The minimum absolute atomic E-state index is 0.0161. The largest absolute Gasteiger partial charge is 0.508 e. The summed E-state index contributed by atoms with van der Waals surface area (Å²) in [6.45, 7) is 0. The maximum absolute atomic E-state index is 12.9. The molecule has 4 rings (SSSR count). The first-order chi connectivity index (χ1) is 16.0. The van der Waals surface area contributed by atoms with Crippen LogP contribution in [0.5, 0.6) is 23.0 Å². The van der Waals surface area contributed by atoms with Gasteiger partial charge >= 0.3 is 11.9 Å². The molecule has 0 aromatic heterocycles. The van der Waals surface area contributed by atoms with Crippen molar-refractivity contribution in [2.75, 3.05) is 0 Å². The van der Waals surface area contributed by atoms with E-state index in [1.54, 1.807) is 0 Å². The van der Waals surface area contributed by atoms with Crippen LogP contribution in [0.25, 0.3) is 0 Å². The van der Waals surface area contributed by atoms with E-state index in [9.17, 15) is 30.0 Å². The zero-order valence-electron chi connectivity index (χ0n) is 17.0. The molecule has 1 aliphatic rings. The fourth-order valence-electron chi connectivity index (χ4n) is 4.00. The average Bonchev–Trinajstić information content (AvgIpc) is 3.04. The average molecular weight is 526 g/mol. The van der Waals surface area contributed by atoms with Crippen LogP contribution in [0.15, 0.2) is 36.4 Å². The topological polar surface area (TPSA) is 145 Å². The Morgan fingerprint density at radius 3 is 2.21 bits per heavy atom. The fraction of sp³-hybridized carbons (Fsp3) is 0.130. The molecule has 176 valence electrons. The van der Waals surface area contributed by atoms with Gasteiger partial charge in [0.1, 0.15) is 28.0 Å². The van der Waals surface area contributed by atoms with Crippen LogP contribution in [0.2, 0.25) is 15.1 Å². The Morgan fingerprint density at radius 1 is 0.882 bits per heavy atom. The molecule has 3 aromatic carbocycles. The van der Waals surface area contributed by atoms with Gasteiger partial charge in [0.05, 0.1) is 15.6 Å². The van der Waals surface area contributed by atoms with Gasteiger partial charge in [-0.1, -0.05) is 34.8 Å². The summed E-state index contributed by atoms with van der Waals surface area (Å²) < 4.78 is 5.76. The second-order valence-corrected chi connectivity index (χ2v) is 8.76. The second-order valence-electron chi connectivity index (χ2n) is 7.57. The lowest BCUT2D eigenvalue weighted by atomic mass is 9.78. The predicted octanol–water partition coefficient (Wildman–Crippen LogP) is 4.95. The van der Waals surface area contributed by atoms with Crippen molar-refractivity contribution < 1.29 is 39.9 Å². The lowest BCUT2D eigenvalue weighted by Crippen LogP contribution is -2.30. The molecule has 0 radical (unpaired) electrons. The third-order valence-electron chi connectivity index (χ3n) is 5.55. The van der Waals surface area contributed by atoms with Crippen molar-refractivity contribution in [3.63, 3.8) is 0 Å². The molecule has 0 saturated heterocycles. The molecule has 5 N–H and O–H groups in total. The molecule has 0 amide bonds. The number of cyclic esters (lactones) is 1. The zero-order valence-corrected chi connectivity index (χ0v) is 19.2. The van der Waals surface area contributed by atoms with Gasteiger partial charge in [-0.05, 0) is 42.3 Å². The molecule has 0 saturated carbocycles. The van der Waals surface area contributed by atoms with Crippen LogP contribution in [-0.2, 0) is 21.6 Å². The first-order valence-electron chi connectivity index (χ1n) is 9.68. The maximum Gasteiger partial charge on any atom is 0.340 e. The molecule has 1 atom stereocenters. The normalized spacial score (nSPS) is 16.9. The van der Waals surface area contributed by atoms with Gasteiger partial charge in [-0.3, -0.25) is 4.79 Å². The monoisotopic (exact) mass is 524 g/mol. The van der Waals surface area contributed by atoms with E-state index in [1.807, 2.05) is 0 Å². The summed E-state index contributed by atoms with van der Waals surface area (Å²) in [5.74, 6) is -4.02. The fourth-order valence-corrected chi connectivity index (χ4v) is 4.55. The lowest BCUT2D eigenvalue weighted by Gasteiger charge is -2.32. The number of aryl methyl sites for hydroxylation is 1. The van der Waals surface area contributed by atoms with Crippen LogP contribution in [0.1, 0.15) is 39.0 Å². The summed E-state index contributed by atoms with van der Waals surface area (Å²) in [5.41, 5.74) is -2.18. The summed E-state index contributed by atoms with van der Waals surface area (Å²) in [7, 11) is 0. The van der Waals surface area contributed by atoms with Crippen LogP contribution in [0.3, 0.4) is 0 Å². The molecule has 3 aromatic rings. The van der Waals surface area contributed by atoms with E-state index in [2.05, 4.69) is 0 Å². The van der Waals surface area contributed by atoms with Crippen molar-refractivity contribution in [2.24, 2.45) is 0 Å². The Bertz CT molecular complexity index is 1370. The van der Waals surface area contributed by atoms with Crippen LogP contribution >= 0.6 is 34.8 Å². The summed E-state index contributed by atoms with van der Waals surface area (Å²) in [6, 6.07) is 7.33. The minimum Gasteiger partial charge on any atom is -0.508 e. The van der Waals surface area contributed by atoms with Gasteiger partial charge in [0.2, 0.25) is 0 Å². The molecule has 1 unspecified atom stereocenters. The molecule has 11 heteroatoms. The number of phenols is 4. The van der Waals surface area contributed by atoms with Crippen molar-refractivity contribution in [3.05, 3.63) is 79.3 Å². The maximum atomic E-state index is 12.9. The molecule has 0 fully saturated rings. The molecule has 1 aliphatic heterocycles. The number of phenolic OH excluding ortho intramolecular Hbond substituents is 4. The highest BCUT2D eigenvalue weighted by Crippen LogP contribution is 2.56. The molecule has 8 nitrogen and oxygen atoms in total. The standard InChI is InChI=1S/C23H15Cl3O8/c24-15-7-11-13(8-16(15)25)23(34-22(11)33,12-3-2-10(27)6-17(12)28)14-5-9(1-4-18(29)30)20(31)19(26)21(14)32/h2-3,5-8,27-28,31-32H,1,4H2,(H,29,30). The summed E-state index contributed by atoms with van der Waals surface area (Å²) >= 11 is 18.5. The van der Waals surface area contributed by atoms with Gasteiger partial charge in [-0.15, -0.1) is 0 Å². The molecule has 1 heterocycles. The number of aromatic hydroxyl groups is 4. The first kappa shape index (κ1) is 23.8. The number of carbonyl (C=O) groups excluding carboxylic acids is 1. The Balaban J connectivity index is 2.12. The number of hydrogen-bond donors (Lipinski definition) is 5. The number of fused-ring (bicyclic) bond motifs is 1. The van der Waals surface area contributed by atoms with Crippen molar-refractivity contribution >= 4 is 46.7 Å². The quantitative estimate of drug-likeness (QED) is 0.294. The van der Waals surface area contributed by atoms with E-state index in [4.69, 9.17) is 44.6 Å². The number of rotatable bonds is 5. The summed E-state index contributed by atoms with van der Waals surface area (Å²) in [4.78, 5) is 24.0. The molecule has 0 bridgehead atoms. The Labute approximate surface area is 207 Å². The second kappa shape index (κ2) is 8.47. The number of carbonyl (C=O) groups is 2. The van der Waals surface area contributed by atoms with Crippen molar-refractivity contribution in [3.8, 4) is 23.0 Å². The number of esters is 1. The van der Waals surface area contributed by atoms with Crippen LogP contribution in [0.4, 0.5) is 0 Å². The van der Waals surface area contributed by atoms with Crippen LogP contribution in [-0.4, -0.2) is 37.5 Å². The number of ether oxygens (including phenoxy) is 1. The van der Waals surface area contributed by atoms with Gasteiger partial charge in [-0.25, -0.2) is 4.79 Å². The van der Waals surface area contributed by atoms with E-state index in [0.717, 1.165) is 6.07 Å². The van der Waals surface area contributed by atoms with E-state index in [1.165, 1.54) is 30.3 Å². The smallest absolute Gasteiger partial charge is 0.340 e. The summed E-state index contributed by atoms with van der Waals surface area (Å²) in [6.07, 6.45) is -0.544. The molecule has 0 spiro atoms. The highest BCUT2D eigenvalue weighted by Gasteiger charge is 2.52. The molecule has 34 heavy (non-hydrogen) atoms. The number of benzene rings is 3. The lowest BCUT2D eigenvalue weighted by molar-refractivity contribution is -0.136. The minimum atomic E-state index is -2.04. The van der Waals surface area contributed by atoms with Gasteiger partial charge in [0.25, 0.3) is 0 Å². The number of aliphatic carboxylic acids is 1. The third-order valence-corrected chi connectivity index (χ3v) is 6.63. The van der Waals surface area contributed by atoms with Crippen LogP contribution < -0.4 is 0 Å². The molecular formula is C23H15Cl3O8. The van der Waals surface area contributed by atoms with E-state index < -0.39 is 39.8 Å². The molecule has 0 aliphatic carbocycles. The van der Waals surface area contributed by atoms with Crippen molar-refractivity contribution in [1.82, 2.24) is 0 Å². The zero-order chi connectivity index (χ0) is 24.9. The Hall–Kier alpha value is -3.33. The summed E-state index contributed by atoms with van der Waals surface area (Å²) in [5, 5.41) is 50.5. The number of hydrogen-bond acceptors (Lipinski definition) is 7. The first-order valence-corrected chi connectivity index (χ1v) is 10.8. The highest BCUT2D eigenvalue weighted by molar-refractivity contribution is 6.42. The number of halogens is 3.